The average molecular weight is 386 g/mol. The molecule has 0 heterocycles. The maximum absolute atomic E-state index is 12.8. The number of carbonyl (C=O) groups excluding carboxylic acids is 1. The maximum atomic E-state index is 12.8. The molecular formula is C24H22N2O3. The molecular weight excluding hydrogens is 364 g/mol. The van der Waals surface area contributed by atoms with Crippen molar-refractivity contribution in [1.29, 1.82) is 0 Å². The number of methoxy groups -OCH3 is 1. The number of nitrogens with one attached hydrogen (secondary N) is 1. The van der Waals surface area contributed by atoms with Gasteiger partial charge in [-0.25, -0.2) is 5.43 Å². The quantitative estimate of drug-likeness (QED) is 0.499. The number of nitrogens with zero attached hydrogens (tertiary/aromatic N) is 1. The monoisotopic (exact) mass is 386 g/mol. The number of phenols is 1. The third-order valence-electron chi connectivity index (χ3n) is 5.45. The van der Waals surface area contributed by atoms with E-state index in [4.69, 9.17) is 4.74 Å². The molecule has 1 amide bonds. The number of benzene rings is 3. The fourth-order valence-electron chi connectivity index (χ4n) is 3.88. The smallest absolute Gasteiger partial charge is 0.244 e. The van der Waals surface area contributed by atoms with E-state index in [1.807, 2.05) is 36.4 Å². The lowest BCUT2D eigenvalue weighted by molar-refractivity contribution is -0.122. The highest BCUT2D eigenvalue weighted by Crippen LogP contribution is 2.58. The summed E-state index contributed by atoms with van der Waals surface area (Å²) in [4.78, 5) is 12.8. The van der Waals surface area contributed by atoms with Gasteiger partial charge in [0.2, 0.25) is 5.91 Å². The lowest BCUT2D eigenvalue weighted by Crippen LogP contribution is -2.25. The van der Waals surface area contributed by atoms with Crippen molar-refractivity contribution in [2.45, 2.75) is 11.8 Å². The van der Waals surface area contributed by atoms with Crippen LogP contribution in [0.2, 0.25) is 0 Å². The molecule has 1 saturated carbocycles. The van der Waals surface area contributed by atoms with E-state index in [9.17, 15) is 9.90 Å². The Morgan fingerprint density at radius 1 is 1.07 bits per heavy atom. The number of amides is 1. The number of hydrazone groups is 1. The van der Waals surface area contributed by atoms with Crippen molar-refractivity contribution in [3.63, 3.8) is 0 Å². The normalized spacial score (nSPS) is 17.1. The summed E-state index contributed by atoms with van der Waals surface area (Å²) in [6, 6.07) is 25.2. The number of ether oxygens (including phenoxy) is 1. The van der Waals surface area contributed by atoms with E-state index in [0.29, 0.717) is 11.3 Å². The topological polar surface area (TPSA) is 70.9 Å². The number of hydrogen-bond donors (Lipinski definition) is 2. The van der Waals surface area contributed by atoms with Crippen molar-refractivity contribution in [2.24, 2.45) is 11.0 Å². The summed E-state index contributed by atoms with van der Waals surface area (Å²) < 4.78 is 5.09. The second-order valence-corrected chi connectivity index (χ2v) is 7.13. The van der Waals surface area contributed by atoms with Gasteiger partial charge in [-0.2, -0.15) is 5.10 Å². The van der Waals surface area contributed by atoms with Crippen molar-refractivity contribution in [2.75, 3.05) is 7.11 Å². The van der Waals surface area contributed by atoms with Gasteiger partial charge in [-0.15, -0.1) is 0 Å². The maximum Gasteiger partial charge on any atom is 0.244 e. The van der Waals surface area contributed by atoms with E-state index >= 15 is 0 Å². The SMILES string of the molecule is COc1cc(/C=N/NC(=O)[C@@H]2CC2(c2ccccc2)c2ccccc2)ccc1O. The number of carbonyl (C=O) groups is 1. The van der Waals surface area contributed by atoms with Gasteiger partial charge >= 0.3 is 0 Å². The first kappa shape index (κ1) is 18.7. The van der Waals surface area contributed by atoms with Crippen LogP contribution in [0.3, 0.4) is 0 Å². The van der Waals surface area contributed by atoms with Gasteiger partial charge in [0.25, 0.3) is 0 Å². The van der Waals surface area contributed by atoms with E-state index in [2.05, 4.69) is 34.8 Å². The standard InChI is InChI=1S/C24H22N2O3/c1-29-22-14-17(12-13-21(22)27)16-25-26-23(28)20-15-24(20,18-8-4-2-5-9-18)19-10-6-3-7-11-19/h2-14,16,20,27H,15H2,1H3,(H,26,28)/b25-16+/t20-/m0/s1. The molecule has 0 spiro atoms. The lowest BCUT2D eigenvalue weighted by Gasteiger charge is -2.18. The minimum Gasteiger partial charge on any atom is -0.504 e. The molecule has 3 aromatic carbocycles. The van der Waals surface area contributed by atoms with Crippen molar-refractivity contribution < 1.29 is 14.6 Å². The minimum absolute atomic E-state index is 0.0576. The summed E-state index contributed by atoms with van der Waals surface area (Å²) in [6.07, 6.45) is 2.28. The Bertz CT molecular complexity index is 993. The van der Waals surface area contributed by atoms with E-state index in [1.165, 1.54) is 19.4 Å². The van der Waals surface area contributed by atoms with Crippen molar-refractivity contribution >= 4 is 12.1 Å². The first-order chi connectivity index (χ1) is 14.1. The first-order valence-corrected chi connectivity index (χ1v) is 9.46. The third-order valence-corrected chi connectivity index (χ3v) is 5.45. The minimum atomic E-state index is -0.316. The van der Waals surface area contributed by atoms with Gasteiger partial charge < -0.3 is 9.84 Å². The second-order valence-electron chi connectivity index (χ2n) is 7.13. The Morgan fingerprint density at radius 2 is 1.69 bits per heavy atom. The molecule has 1 aliphatic carbocycles. The molecule has 5 nitrogen and oxygen atoms in total. The predicted molar refractivity (Wildman–Crippen MR) is 112 cm³/mol. The number of hydrogen-bond acceptors (Lipinski definition) is 4. The predicted octanol–water partition coefficient (Wildman–Crippen LogP) is 3.86. The van der Waals surface area contributed by atoms with Gasteiger partial charge in [0, 0.05) is 5.41 Å². The summed E-state index contributed by atoms with van der Waals surface area (Å²) in [5, 5.41) is 13.8. The Hall–Kier alpha value is -3.60. The van der Waals surface area contributed by atoms with Crippen LogP contribution in [0.25, 0.3) is 0 Å². The summed E-state index contributed by atoms with van der Waals surface area (Å²) in [5.41, 5.74) is 5.34. The Balaban J connectivity index is 1.52. The molecule has 0 bridgehead atoms. The van der Waals surface area contributed by atoms with Crippen LogP contribution in [0.1, 0.15) is 23.1 Å². The molecule has 0 unspecified atom stereocenters. The van der Waals surface area contributed by atoms with Crippen LogP contribution >= 0.6 is 0 Å². The van der Waals surface area contributed by atoms with E-state index < -0.39 is 0 Å². The first-order valence-electron chi connectivity index (χ1n) is 9.46. The van der Waals surface area contributed by atoms with Crippen LogP contribution < -0.4 is 10.2 Å². The molecule has 29 heavy (non-hydrogen) atoms. The summed E-state index contributed by atoms with van der Waals surface area (Å²) in [7, 11) is 1.48. The van der Waals surface area contributed by atoms with Gasteiger partial charge in [0.15, 0.2) is 11.5 Å². The summed E-state index contributed by atoms with van der Waals surface area (Å²) in [6.45, 7) is 0. The third kappa shape index (κ3) is 3.59. The molecule has 0 aromatic heterocycles. The zero-order valence-electron chi connectivity index (χ0n) is 16.1. The zero-order chi connectivity index (χ0) is 20.3. The van der Waals surface area contributed by atoms with Crippen molar-refractivity contribution in [1.82, 2.24) is 5.43 Å². The van der Waals surface area contributed by atoms with E-state index in [-0.39, 0.29) is 23.0 Å². The fraction of sp³-hybridized carbons (Fsp3) is 0.167. The molecule has 2 N–H and O–H groups in total. The van der Waals surface area contributed by atoms with E-state index in [0.717, 1.165) is 17.5 Å². The molecule has 0 saturated heterocycles. The van der Waals surface area contributed by atoms with Gasteiger partial charge in [-0.3, -0.25) is 4.79 Å². The van der Waals surface area contributed by atoms with Crippen LogP contribution in [-0.4, -0.2) is 24.3 Å². The Kier molecular flexibility index (Phi) is 5.04. The van der Waals surface area contributed by atoms with E-state index in [1.54, 1.807) is 12.1 Å². The van der Waals surface area contributed by atoms with Gasteiger partial charge in [-0.1, -0.05) is 60.7 Å². The lowest BCUT2D eigenvalue weighted by atomic mass is 9.85. The summed E-state index contributed by atoms with van der Waals surface area (Å²) in [5.74, 6) is 0.121. The molecule has 0 aliphatic heterocycles. The molecule has 4 rings (SSSR count). The molecule has 0 radical (unpaired) electrons. The van der Waals surface area contributed by atoms with Crippen LogP contribution in [0.4, 0.5) is 0 Å². The highest BCUT2D eigenvalue weighted by molar-refractivity contribution is 5.88. The average Bonchev–Trinajstić information content (AvgIpc) is 3.53. The highest BCUT2D eigenvalue weighted by Gasteiger charge is 2.60. The zero-order valence-corrected chi connectivity index (χ0v) is 16.1. The van der Waals surface area contributed by atoms with Crippen molar-refractivity contribution in [3.8, 4) is 11.5 Å². The number of phenolic OH excluding ortho intramolecular Hbond substituents is 1. The fourth-order valence-corrected chi connectivity index (χ4v) is 3.88. The molecule has 1 fully saturated rings. The molecule has 3 aromatic rings. The van der Waals surface area contributed by atoms with Gasteiger partial charge in [0.05, 0.1) is 19.2 Å². The summed E-state index contributed by atoms with van der Waals surface area (Å²) >= 11 is 0. The van der Waals surface area contributed by atoms with Crippen LogP contribution in [0.5, 0.6) is 11.5 Å². The van der Waals surface area contributed by atoms with Gasteiger partial charge in [-0.05, 0) is 41.3 Å². The molecule has 1 aliphatic rings. The van der Waals surface area contributed by atoms with Gasteiger partial charge in [0.1, 0.15) is 0 Å². The van der Waals surface area contributed by atoms with Crippen molar-refractivity contribution in [3.05, 3.63) is 95.6 Å². The molecule has 1 atom stereocenters. The number of rotatable bonds is 6. The molecule has 146 valence electrons. The largest absolute Gasteiger partial charge is 0.504 e. The highest BCUT2D eigenvalue weighted by atomic mass is 16.5. The molecule has 5 heteroatoms. The van der Waals surface area contributed by atoms with Crippen LogP contribution in [-0.2, 0) is 10.2 Å². The second kappa shape index (κ2) is 7.80. The Morgan fingerprint density at radius 3 is 2.28 bits per heavy atom. The van der Waals surface area contributed by atoms with Crippen LogP contribution in [0.15, 0.2) is 84.0 Å². The Labute approximate surface area is 169 Å². The number of aromatic hydroxyl groups is 1. The van der Waals surface area contributed by atoms with Crippen LogP contribution in [0, 0.1) is 5.92 Å².